The number of carbonyl (C=O) groups excluding carboxylic acids is 4. The number of nitrogens with zero attached hydrogens (tertiary/aromatic N) is 2. The smallest absolute Gasteiger partial charge is 0.338 e. The molecule has 2 aliphatic heterocycles. The lowest BCUT2D eigenvalue weighted by Crippen LogP contribution is -2.33. The fraction of sp³-hybridized carbons (Fsp3) is 0.194. The van der Waals surface area contributed by atoms with Gasteiger partial charge in [-0.3, -0.25) is 23.7 Å². The number of hydrogen-bond acceptors (Lipinski definition) is 10. The van der Waals surface area contributed by atoms with Crippen LogP contribution in [0, 0.1) is 5.92 Å². The third-order valence-electron chi connectivity index (χ3n) is 7.68. The lowest BCUT2D eigenvalue weighted by atomic mass is 9.83. The van der Waals surface area contributed by atoms with Crippen LogP contribution in [0.5, 0.6) is 0 Å². The third-order valence-corrected chi connectivity index (χ3v) is 11.5. The number of benzene rings is 3. The second kappa shape index (κ2) is 12.7. The second-order valence-electron chi connectivity index (χ2n) is 10.6. The minimum absolute atomic E-state index is 0.127. The predicted molar refractivity (Wildman–Crippen MR) is 176 cm³/mol. The zero-order valence-corrected chi connectivity index (χ0v) is 27.6. The van der Waals surface area contributed by atoms with Crippen LogP contribution in [0.3, 0.4) is 0 Å². The van der Waals surface area contributed by atoms with Crippen molar-refractivity contribution in [3.05, 3.63) is 103 Å². The molecule has 1 fully saturated rings. The molecule has 3 heterocycles. The number of nitrogens with one attached hydrogen (secondary N) is 1. The Bertz CT molecular complexity index is 2080. The van der Waals surface area contributed by atoms with Gasteiger partial charge in [-0.2, -0.15) is 0 Å². The van der Waals surface area contributed by atoms with Crippen LogP contribution >= 0.6 is 34.7 Å². The zero-order chi connectivity index (χ0) is 33.6. The molecule has 242 valence electrons. The Morgan fingerprint density at radius 3 is 2.23 bits per heavy atom. The molecule has 3 amide bonds. The van der Waals surface area contributed by atoms with Gasteiger partial charge in [0.15, 0.2) is 0 Å². The highest BCUT2D eigenvalue weighted by Crippen LogP contribution is 2.54. The van der Waals surface area contributed by atoms with Gasteiger partial charge in [-0.05, 0) is 73.2 Å². The molecule has 2 unspecified atom stereocenters. The molecule has 1 saturated heterocycles. The van der Waals surface area contributed by atoms with Crippen molar-refractivity contribution in [3.63, 3.8) is 0 Å². The lowest BCUT2D eigenvalue weighted by Gasteiger charge is -2.30. The van der Waals surface area contributed by atoms with Crippen molar-refractivity contribution in [2.24, 2.45) is 11.1 Å². The second-order valence-corrected chi connectivity index (χ2v) is 14.7. The standard InChI is InChI=1S/C31H25ClN4O8S3/c1-2-44-30(40)17-5-11-20(12-6-17)36-27(38)24-23(16-3-7-18(32)8-4-16)26-29(45-25(24)28(36)39)35(31(41)46-26)15-22(37)34-19-9-13-21(14-10-19)47(33,42)43/h3-14,23-25H,2,15H2,1H3,(H,34,37)(H2,33,42,43)/t23-,24?,25?/m1/s1. The van der Waals surface area contributed by atoms with Gasteiger partial charge in [0.25, 0.3) is 0 Å². The number of esters is 1. The number of anilines is 2. The van der Waals surface area contributed by atoms with Gasteiger partial charge < -0.3 is 10.1 Å². The molecule has 6 rings (SSSR count). The van der Waals surface area contributed by atoms with Crippen molar-refractivity contribution in [2.45, 2.75) is 34.6 Å². The summed E-state index contributed by atoms with van der Waals surface area (Å²) in [6, 6.07) is 18.0. The average Bonchev–Trinajstić information content (AvgIpc) is 3.47. The third kappa shape index (κ3) is 6.24. The number of imide groups is 1. The number of hydrogen-bond donors (Lipinski definition) is 2. The van der Waals surface area contributed by atoms with Gasteiger partial charge in [-0.15, -0.1) is 0 Å². The average molecular weight is 713 g/mol. The van der Waals surface area contributed by atoms with Crippen LogP contribution < -0.4 is 20.2 Å². The Kier molecular flexibility index (Phi) is 8.84. The topological polar surface area (TPSA) is 175 Å². The van der Waals surface area contributed by atoms with Crippen LogP contribution in [-0.2, 0) is 35.7 Å². The Morgan fingerprint density at radius 2 is 1.62 bits per heavy atom. The molecule has 2 aliphatic rings. The zero-order valence-electron chi connectivity index (χ0n) is 24.4. The Hall–Kier alpha value is -4.28. The summed E-state index contributed by atoms with van der Waals surface area (Å²) < 4.78 is 29.4. The fourth-order valence-electron chi connectivity index (χ4n) is 5.57. The van der Waals surface area contributed by atoms with E-state index in [1.54, 1.807) is 31.2 Å². The molecule has 3 N–H and O–H groups in total. The van der Waals surface area contributed by atoms with E-state index in [1.807, 2.05) is 0 Å². The van der Waals surface area contributed by atoms with Crippen LogP contribution in [-0.4, -0.2) is 48.5 Å². The van der Waals surface area contributed by atoms with E-state index in [9.17, 15) is 32.4 Å². The molecular formula is C31H25ClN4O8S3. The number of fused-ring (bicyclic) bond motifs is 2. The first-order chi connectivity index (χ1) is 22.4. The number of aromatic nitrogens is 1. The summed E-state index contributed by atoms with van der Waals surface area (Å²) >= 11 is 8.11. The van der Waals surface area contributed by atoms with Gasteiger partial charge in [-0.1, -0.05) is 46.8 Å². The molecule has 12 nitrogen and oxygen atoms in total. The highest BCUT2D eigenvalue weighted by Gasteiger charge is 2.56. The summed E-state index contributed by atoms with van der Waals surface area (Å²) in [5.74, 6) is -3.63. The number of ether oxygens (including phenoxy) is 1. The van der Waals surface area contributed by atoms with Crippen LogP contribution in [0.4, 0.5) is 11.4 Å². The molecule has 3 atom stereocenters. The van der Waals surface area contributed by atoms with E-state index in [4.69, 9.17) is 21.5 Å². The molecule has 0 saturated carbocycles. The van der Waals surface area contributed by atoms with Crippen molar-refractivity contribution in [3.8, 4) is 0 Å². The van der Waals surface area contributed by atoms with E-state index in [-0.39, 0.29) is 28.4 Å². The van der Waals surface area contributed by atoms with E-state index in [2.05, 4.69) is 5.32 Å². The SMILES string of the molecule is CCOC(=O)c1ccc(N2C(=O)C3Sc4c(sc(=O)n4CC(=O)Nc4ccc(S(N)(=O)=O)cc4)[C@H](c4ccc(Cl)cc4)C3C2=O)cc1. The Morgan fingerprint density at radius 1 is 0.957 bits per heavy atom. The van der Waals surface area contributed by atoms with Gasteiger partial charge in [0.2, 0.25) is 27.7 Å². The number of halogens is 1. The van der Waals surface area contributed by atoms with Crippen LogP contribution in [0.25, 0.3) is 0 Å². The summed E-state index contributed by atoms with van der Waals surface area (Å²) in [5.41, 5.74) is 1.50. The van der Waals surface area contributed by atoms with Crippen molar-refractivity contribution in [2.75, 3.05) is 16.8 Å². The highest BCUT2D eigenvalue weighted by atomic mass is 35.5. The first-order valence-electron chi connectivity index (χ1n) is 14.1. The maximum absolute atomic E-state index is 14.1. The van der Waals surface area contributed by atoms with Crippen molar-refractivity contribution >= 4 is 79.8 Å². The van der Waals surface area contributed by atoms with E-state index >= 15 is 0 Å². The number of amides is 3. The molecule has 1 aromatic heterocycles. The van der Waals surface area contributed by atoms with Gasteiger partial charge in [0, 0.05) is 21.5 Å². The summed E-state index contributed by atoms with van der Waals surface area (Å²) in [6.07, 6.45) is 0. The van der Waals surface area contributed by atoms with Gasteiger partial charge >= 0.3 is 10.8 Å². The molecule has 0 spiro atoms. The Balaban J connectivity index is 1.34. The minimum atomic E-state index is -3.92. The Labute approximate surface area is 281 Å². The van der Waals surface area contributed by atoms with Crippen molar-refractivity contribution in [1.29, 1.82) is 0 Å². The van der Waals surface area contributed by atoms with Crippen molar-refractivity contribution < 1.29 is 32.3 Å². The molecule has 16 heteroatoms. The maximum Gasteiger partial charge on any atom is 0.338 e. The van der Waals surface area contributed by atoms with Gasteiger partial charge in [0.05, 0.1) is 33.7 Å². The number of thioether (sulfide) groups is 1. The molecule has 3 aromatic carbocycles. The van der Waals surface area contributed by atoms with Gasteiger partial charge in [-0.25, -0.2) is 23.3 Å². The first-order valence-corrected chi connectivity index (χ1v) is 17.7. The minimum Gasteiger partial charge on any atom is -0.462 e. The van der Waals surface area contributed by atoms with Crippen molar-refractivity contribution in [1.82, 2.24) is 4.57 Å². The molecule has 4 aromatic rings. The van der Waals surface area contributed by atoms with Crippen LogP contribution in [0.1, 0.15) is 33.6 Å². The monoisotopic (exact) mass is 712 g/mol. The van der Waals surface area contributed by atoms with E-state index in [0.717, 1.165) is 28.0 Å². The molecule has 0 bridgehead atoms. The van der Waals surface area contributed by atoms with Crippen LogP contribution in [0.2, 0.25) is 5.02 Å². The van der Waals surface area contributed by atoms with E-state index < -0.39 is 62.2 Å². The maximum atomic E-state index is 14.1. The fourth-order valence-corrected chi connectivity index (χ4v) is 8.99. The molecule has 0 radical (unpaired) electrons. The quantitative estimate of drug-likeness (QED) is 0.203. The number of primary sulfonamides is 1. The normalized spacial score (nSPS) is 18.9. The molecule has 47 heavy (non-hydrogen) atoms. The number of nitrogens with two attached hydrogens (primary N) is 1. The summed E-state index contributed by atoms with van der Waals surface area (Å²) in [5, 5.41) is 7.71. The summed E-state index contributed by atoms with van der Waals surface area (Å²) in [4.78, 5) is 67.7. The number of rotatable bonds is 8. The molecule has 0 aliphatic carbocycles. The number of sulfonamides is 1. The molecular weight excluding hydrogens is 688 g/mol. The highest BCUT2D eigenvalue weighted by molar-refractivity contribution is 8.00. The predicted octanol–water partition coefficient (Wildman–Crippen LogP) is 3.82. The first kappa shape index (κ1) is 32.7. The number of thiazole rings is 1. The largest absolute Gasteiger partial charge is 0.462 e. The van der Waals surface area contributed by atoms with Crippen LogP contribution in [0.15, 0.2) is 87.5 Å². The van der Waals surface area contributed by atoms with E-state index in [0.29, 0.717) is 20.5 Å². The van der Waals surface area contributed by atoms with E-state index in [1.165, 1.54) is 53.1 Å². The summed E-state index contributed by atoms with van der Waals surface area (Å²) in [6.45, 7) is 1.48. The number of carbonyl (C=O) groups is 4. The van der Waals surface area contributed by atoms with Gasteiger partial charge in [0.1, 0.15) is 11.8 Å². The summed E-state index contributed by atoms with van der Waals surface area (Å²) in [7, 11) is -3.92. The lowest BCUT2D eigenvalue weighted by molar-refractivity contribution is -0.122.